The summed E-state index contributed by atoms with van der Waals surface area (Å²) in [5.74, 6) is -1.06. The van der Waals surface area contributed by atoms with Crippen molar-refractivity contribution in [2.24, 2.45) is 0 Å². The maximum atomic E-state index is 13.5. The summed E-state index contributed by atoms with van der Waals surface area (Å²) < 4.78 is 16.3. The zero-order chi connectivity index (χ0) is 26.0. The Morgan fingerprint density at radius 3 is 2.17 bits per heavy atom. The summed E-state index contributed by atoms with van der Waals surface area (Å²) >= 11 is 6.24. The third-order valence-corrected chi connectivity index (χ3v) is 6.53. The van der Waals surface area contributed by atoms with Crippen LogP contribution in [0.2, 0.25) is 5.02 Å². The molecule has 1 amide bonds. The number of ketones is 1. The molecule has 1 heterocycles. The molecule has 186 valence electrons. The molecule has 36 heavy (non-hydrogen) atoms. The van der Waals surface area contributed by atoms with Gasteiger partial charge in [0.15, 0.2) is 0 Å². The molecule has 3 aromatic rings. The van der Waals surface area contributed by atoms with Crippen LogP contribution < -0.4 is 19.1 Å². The minimum Gasteiger partial charge on any atom is -0.507 e. The lowest BCUT2D eigenvalue weighted by Crippen LogP contribution is -2.29. The van der Waals surface area contributed by atoms with Crippen molar-refractivity contribution >= 4 is 34.7 Å². The summed E-state index contributed by atoms with van der Waals surface area (Å²) in [7, 11) is 4.36. The maximum absolute atomic E-state index is 13.5. The van der Waals surface area contributed by atoms with E-state index in [1.54, 1.807) is 36.4 Å². The number of hydrogen-bond donors (Lipinski definition) is 1. The lowest BCUT2D eigenvalue weighted by atomic mass is 9.94. The molecule has 1 fully saturated rings. The van der Waals surface area contributed by atoms with Crippen molar-refractivity contribution in [3.63, 3.8) is 0 Å². The summed E-state index contributed by atoms with van der Waals surface area (Å²) in [4.78, 5) is 28.3. The Hall–Kier alpha value is -3.97. The third kappa shape index (κ3) is 4.27. The SMILES string of the molecule is CCc1ccc(N2C(=O)C(=O)/C(=C(/O)c3cc(OC)c(Cl)cc3OC)C2c2ccccc2OC)cc1. The fourth-order valence-electron chi connectivity index (χ4n) is 4.37. The third-order valence-electron chi connectivity index (χ3n) is 6.23. The second-order valence-corrected chi connectivity index (χ2v) is 8.53. The van der Waals surface area contributed by atoms with Crippen LogP contribution in [0.3, 0.4) is 0 Å². The number of aliphatic hydroxyl groups excluding tert-OH is 1. The quantitative estimate of drug-likeness (QED) is 0.256. The van der Waals surface area contributed by atoms with E-state index in [9.17, 15) is 14.7 Å². The molecule has 1 atom stereocenters. The number of Topliss-reactive ketones (excluding diaryl/α,β-unsaturated/α-hetero) is 1. The topological polar surface area (TPSA) is 85.3 Å². The predicted octanol–water partition coefficient (Wildman–Crippen LogP) is 5.55. The number of aliphatic hydroxyl groups is 1. The number of carbonyl (C=O) groups excluding carboxylic acids is 2. The second-order valence-electron chi connectivity index (χ2n) is 8.12. The summed E-state index contributed by atoms with van der Waals surface area (Å²) in [5, 5.41) is 11.8. The molecule has 3 aromatic carbocycles. The van der Waals surface area contributed by atoms with E-state index in [-0.39, 0.29) is 27.7 Å². The Morgan fingerprint density at radius 2 is 1.56 bits per heavy atom. The van der Waals surface area contributed by atoms with Crippen LogP contribution in [0.1, 0.15) is 29.7 Å². The van der Waals surface area contributed by atoms with E-state index in [1.165, 1.54) is 38.4 Å². The van der Waals surface area contributed by atoms with Crippen LogP contribution in [0.25, 0.3) is 5.76 Å². The van der Waals surface area contributed by atoms with Gasteiger partial charge < -0.3 is 19.3 Å². The molecule has 0 radical (unpaired) electrons. The average molecular weight is 508 g/mol. The van der Waals surface area contributed by atoms with Crippen LogP contribution in [0.15, 0.2) is 66.2 Å². The highest BCUT2D eigenvalue weighted by molar-refractivity contribution is 6.51. The molecular weight excluding hydrogens is 482 g/mol. The number of para-hydroxylation sites is 1. The minimum atomic E-state index is -0.958. The Kier molecular flexibility index (Phi) is 7.22. The lowest BCUT2D eigenvalue weighted by molar-refractivity contribution is -0.132. The van der Waals surface area contributed by atoms with E-state index in [0.29, 0.717) is 17.0 Å². The van der Waals surface area contributed by atoms with Gasteiger partial charge in [0.05, 0.1) is 43.5 Å². The molecule has 0 spiro atoms. The van der Waals surface area contributed by atoms with Crippen molar-refractivity contribution in [3.8, 4) is 17.2 Å². The number of nitrogens with zero attached hydrogens (tertiary/aromatic N) is 1. The van der Waals surface area contributed by atoms with Gasteiger partial charge in [-0.05, 0) is 36.2 Å². The fourth-order valence-corrected chi connectivity index (χ4v) is 4.60. The fraction of sp³-hybridized carbons (Fsp3) is 0.214. The normalized spacial score (nSPS) is 16.8. The molecule has 7 nitrogen and oxygen atoms in total. The molecule has 4 rings (SSSR count). The first-order valence-corrected chi connectivity index (χ1v) is 11.7. The van der Waals surface area contributed by atoms with Crippen molar-refractivity contribution in [1.82, 2.24) is 0 Å². The van der Waals surface area contributed by atoms with Gasteiger partial charge in [0.25, 0.3) is 11.7 Å². The second kappa shape index (κ2) is 10.3. The van der Waals surface area contributed by atoms with Gasteiger partial charge in [0, 0.05) is 17.3 Å². The van der Waals surface area contributed by atoms with Crippen molar-refractivity contribution in [2.45, 2.75) is 19.4 Å². The van der Waals surface area contributed by atoms with Crippen LogP contribution >= 0.6 is 11.6 Å². The van der Waals surface area contributed by atoms with E-state index in [0.717, 1.165) is 12.0 Å². The summed E-state index contributed by atoms with van der Waals surface area (Å²) in [5.41, 5.74) is 2.21. The number of aryl methyl sites for hydroxylation is 1. The Morgan fingerprint density at radius 1 is 0.917 bits per heavy atom. The van der Waals surface area contributed by atoms with Crippen LogP contribution in [0.4, 0.5) is 5.69 Å². The first-order chi connectivity index (χ1) is 17.4. The highest BCUT2D eigenvalue weighted by Gasteiger charge is 2.48. The summed E-state index contributed by atoms with van der Waals surface area (Å²) in [6.45, 7) is 2.03. The molecule has 1 aliphatic heterocycles. The standard InChI is InChI=1S/C28H26ClNO6/c1-5-16-10-12-17(13-11-16)30-25(18-8-6-7-9-21(18)34-2)24(27(32)28(30)33)26(31)19-14-23(36-4)20(29)15-22(19)35-3/h6-15,25,31H,5H2,1-4H3/b26-24+. The van der Waals surface area contributed by atoms with E-state index < -0.39 is 23.5 Å². The Labute approximate surface area is 214 Å². The van der Waals surface area contributed by atoms with E-state index in [1.807, 2.05) is 19.1 Å². The number of rotatable bonds is 7. The molecule has 1 aliphatic rings. The molecule has 1 N–H and O–H groups in total. The first kappa shape index (κ1) is 25.1. The number of halogens is 1. The number of hydrogen-bond acceptors (Lipinski definition) is 6. The van der Waals surface area contributed by atoms with Gasteiger partial charge in [-0.15, -0.1) is 0 Å². The Bertz CT molecular complexity index is 1350. The smallest absolute Gasteiger partial charge is 0.300 e. The number of carbonyl (C=O) groups is 2. The minimum absolute atomic E-state index is 0.105. The van der Waals surface area contributed by atoms with Crippen molar-refractivity contribution < 1.29 is 28.9 Å². The van der Waals surface area contributed by atoms with E-state index >= 15 is 0 Å². The number of anilines is 1. The van der Waals surface area contributed by atoms with Crippen molar-refractivity contribution in [1.29, 1.82) is 0 Å². The summed E-state index contributed by atoms with van der Waals surface area (Å²) in [6.07, 6.45) is 0.827. The van der Waals surface area contributed by atoms with E-state index in [4.69, 9.17) is 25.8 Å². The zero-order valence-corrected chi connectivity index (χ0v) is 21.1. The zero-order valence-electron chi connectivity index (χ0n) is 20.4. The van der Waals surface area contributed by atoms with Crippen LogP contribution in [-0.4, -0.2) is 38.1 Å². The van der Waals surface area contributed by atoms with Crippen molar-refractivity contribution in [2.75, 3.05) is 26.2 Å². The number of benzene rings is 3. The van der Waals surface area contributed by atoms with Gasteiger partial charge in [-0.3, -0.25) is 14.5 Å². The molecule has 0 aliphatic carbocycles. The lowest BCUT2D eigenvalue weighted by Gasteiger charge is -2.27. The van der Waals surface area contributed by atoms with Gasteiger partial charge in [-0.2, -0.15) is 0 Å². The Balaban J connectivity index is 2.01. The predicted molar refractivity (Wildman–Crippen MR) is 138 cm³/mol. The number of ether oxygens (including phenoxy) is 3. The highest BCUT2D eigenvalue weighted by atomic mass is 35.5. The molecule has 1 saturated heterocycles. The monoisotopic (exact) mass is 507 g/mol. The molecule has 8 heteroatoms. The van der Waals surface area contributed by atoms with Gasteiger partial charge in [0.2, 0.25) is 0 Å². The van der Waals surface area contributed by atoms with Crippen LogP contribution in [0, 0.1) is 0 Å². The van der Waals surface area contributed by atoms with Crippen LogP contribution in [0.5, 0.6) is 17.2 Å². The number of methoxy groups -OCH3 is 3. The molecule has 0 saturated carbocycles. The van der Waals surface area contributed by atoms with Gasteiger partial charge in [-0.1, -0.05) is 48.9 Å². The van der Waals surface area contributed by atoms with Gasteiger partial charge >= 0.3 is 0 Å². The van der Waals surface area contributed by atoms with Gasteiger partial charge in [0.1, 0.15) is 23.0 Å². The van der Waals surface area contributed by atoms with E-state index in [2.05, 4.69) is 0 Å². The maximum Gasteiger partial charge on any atom is 0.300 e. The summed E-state index contributed by atoms with van der Waals surface area (Å²) in [6, 6.07) is 16.4. The first-order valence-electron chi connectivity index (χ1n) is 11.3. The molecular formula is C28H26ClNO6. The molecule has 0 bridgehead atoms. The van der Waals surface area contributed by atoms with Gasteiger partial charge in [-0.25, -0.2) is 0 Å². The van der Waals surface area contributed by atoms with Crippen LogP contribution in [-0.2, 0) is 16.0 Å². The largest absolute Gasteiger partial charge is 0.507 e. The highest BCUT2D eigenvalue weighted by Crippen LogP contribution is 2.46. The molecule has 0 aromatic heterocycles. The van der Waals surface area contributed by atoms with Crippen molar-refractivity contribution in [3.05, 3.63) is 87.9 Å². The molecule has 1 unspecified atom stereocenters. The number of amides is 1. The average Bonchev–Trinajstić information content (AvgIpc) is 3.17.